The van der Waals surface area contributed by atoms with Gasteiger partial charge in [0.15, 0.2) is 0 Å². The highest BCUT2D eigenvalue weighted by atomic mass is 16.5. The van der Waals surface area contributed by atoms with Gasteiger partial charge in [-0.25, -0.2) is 0 Å². The van der Waals surface area contributed by atoms with Crippen molar-refractivity contribution in [3.63, 3.8) is 0 Å². The third-order valence-electron chi connectivity index (χ3n) is 5.25. The van der Waals surface area contributed by atoms with Gasteiger partial charge in [0.1, 0.15) is 5.76 Å². The van der Waals surface area contributed by atoms with Gasteiger partial charge < -0.3 is 9.26 Å². The van der Waals surface area contributed by atoms with E-state index >= 15 is 0 Å². The van der Waals surface area contributed by atoms with Crippen molar-refractivity contribution in [1.82, 2.24) is 15.0 Å². The summed E-state index contributed by atoms with van der Waals surface area (Å²) in [5.74, 6) is 1.92. The maximum Gasteiger partial charge on any atom is 0.138 e. The van der Waals surface area contributed by atoms with Gasteiger partial charge in [-0.15, -0.1) is 0 Å². The zero-order chi connectivity index (χ0) is 14.4. The third-order valence-corrected chi connectivity index (χ3v) is 5.25. The van der Waals surface area contributed by atoms with E-state index in [0.29, 0.717) is 12.1 Å². The van der Waals surface area contributed by atoms with Crippen molar-refractivity contribution in [2.75, 3.05) is 32.8 Å². The van der Waals surface area contributed by atoms with Crippen molar-refractivity contribution in [1.29, 1.82) is 0 Å². The number of fused-ring (bicyclic) bond motifs is 1. The van der Waals surface area contributed by atoms with E-state index in [1.54, 1.807) is 0 Å². The summed E-state index contributed by atoms with van der Waals surface area (Å²) in [5, 5.41) is 4.09. The van der Waals surface area contributed by atoms with Crippen molar-refractivity contribution in [2.45, 2.75) is 45.4 Å². The molecule has 0 radical (unpaired) electrons. The second-order valence-corrected chi connectivity index (χ2v) is 6.91. The minimum absolute atomic E-state index is 0.387. The molecular weight excluding hydrogens is 266 g/mol. The van der Waals surface area contributed by atoms with Gasteiger partial charge in [-0.05, 0) is 32.6 Å². The molecule has 3 heterocycles. The molecule has 5 heteroatoms. The quantitative estimate of drug-likeness (QED) is 0.842. The Labute approximate surface area is 126 Å². The van der Waals surface area contributed by atoms with Crippen molar-refractivity contribution in [3.8, 4) is 0 Å². The molecule has 1 aromatic heterocycles. The van der Waals surface area contributed by atoms with Gasteiger partial charge >= 0.3 is 0 Å². The van der Waals surface area contributed by atoms with Crippen LogP contribution in [0.1, 0.15) is 29.9 Å². The van der Waals surface area contributed by atoms with Crippen LogP contribution in [0.15, 0.2) is 4.52 Å². The molecule has 0 aromatic carbocycles. The lowest BCUT2D eigenvalue weighted by atomic mass is 10.1. The van der Waals surface area contributed by atoms with Crippen LogP contribution in [0.2, 0.25) is 0 Å². The average molecular weight is 291 g/mol. The molecule has 1 saturated carbocycles. The van der Waals surface area contributed by atoms with E-state index in [9.17, 15) is 0 Å². The average Bonchev–Trinajstić information content (AvgIpc) is 3.09. The normalized spacial score (nSPS) is 30.8. The van der Waals surface area contributed by atoms with Gasteiger partial charge in [0.2, 0.25) is 0 Å². The fraction of sp³-hybridized carbons (Fsp3) is 0.812. The molecule has 0 unspecified atom stereocenters. The van der Waals surface area contributed by atoms with Crippen LogP contribution in [0.5, 0.6) is 0 Å². The number of likely N-dealkylation sites (tertiary alicyclic amines) is 1. The van der Waals surface area contributed by atoms with E-state index in [4.69, 9.17) is 9.26 Å². The Kier molecular flexibility index (Phi) is 3.52. The first kappa shape index (κ1) is 13.7. The summed E-state index contributed by atoms with van der Waals surface area (Å²) < 4.78 is 11.3. The maximum atomic E-state index is 6.02. The fourth-order valence-electron chi connectivity index (χ4n) is 3.78. The Morgan fingerprint density at radius 2 is 2.10 bits per heavy atom. The van der Waals surface area contributed by atoms with E-state index < -0.39 is 0 Å². The Bertz CT molecular complexity index is 492. The van der Waals surface area contributed by atoms with Crippen LogP contribution in [0.25, 0.3) is 0 Å². The highest BCUT2D eigenvalue weighted by Gasteiger charge is 2.41. The number of rotatable bonds is 4. The standard InChI is InChI=1S/C16H25N3O2/c1-11-14(12(2)21-17-11)8-19-5-6-20-16-10-18(9-15(16)19)7-13-3-4-13/h13,15-16H,3-10H2,1-2H3/t15-,16+/m1/s1. The Morgan fingerprint density at radius 1 is 1.24 bits per heavy atom. The van der Waals surface area contributed by atoms with Crippen molar-refractivity contribution in [2.24, 2.45) is 5.92 Å². The van der Waals surface area contributed by atoms with Crippen LogP contribution in [0.4, 0.5) is 0 Å². The van der Waals surface area contributed by atoms with Crippen LogP contribution in [-0.4, -0.2) is 59.9 Å². The lowest BCUT2D eigenvalue weighted by molar-refractivity contribution is -0.0506. The highest BCUT2D eigenvalue weighted by molar-refractivity contribution is 5.21. The third kappa shape index (κ3) is 2.74. The van der Waals surface area contributed by atoms with E-state index in [2.05, 4.69) is 15.0 Å². The second-order valence-electron chi connectivity index (χ2n) is 6.91. The molecule has 2 saturated heterocycles. The van der Waals surface area contributed by atoms with Gasteiger partial charge in [0.05, 0.1) is 24.4 Å². The van der Waals surface area contributed by atoms with Gasteiger partial charge in [-0.2, -0.15) is 0 Å². The van der Waals surface area contributed by atoms with Gasteiger partial charge in [-0.3, -0.25) is 9.80 Å². The number of nitrogens with zero attached hydrogens (tertiary/aromatic N) is 3. The SMILES string of the molecule is Cc1noc(C)c1CN1CCO[C@H]2CN(CC3CC3)C[C@H]21. The lowest BCUT2D eigenvalue weighted by Crippen LogP contribution is -2.50. The number of hydrogen-bond donors (Lipinski definition) is 0. The van der Waals surface area contributed by atoms with E-state index in [1.807, 2.05) is 13.8 Å². The summed E-state index contributed by atoms with van der Waals surface area (Å²) in [4.78, 5) is 5.19. The minimum Gasteiger partial charge on any atom is -0.374 e. The number of hydrogen-bond acceptors (Lipinski definition) is 5. The van der Waals surface area contributed by atoms with E-state index in [-0.39, 0.29) is 0 Å². The maximum absolute atomic E-state index is 6.02. The first-order valence-electron chi connectivity index (χ1n) is 8.20. The van der Waals surface area contributed by atoms with Gasteiger partial charge in [0.25, 0.3) is 0 Å². The Balaban J connectivity index is 1.45. The first-order chi connectivity index (χ1) is 10.2. The van der Waals surface area contributed by atoms with Crippen LogP contribution >= 0.6 is 0 Å². The molecule has 0 bridgehead atoms. The molecule has 1 aromatic rings. The molecule has 2 aliphatic heterocycles. The second kappa shape index (κ2) is 5.38. The minimum atomic E-state index is 0.387. The fourth-order valence-corrected chi connectivity index (χ4v) is 3.78. The smallest absolute Gasteiger partial charge is 0.138 e. The predicted molar refractivity (Wildman–Crippen MR) is 79.1 cm³/mol. The van der Waals surface area contributed by atoms with Crippen molar-refractivity contribution in [3.05, 3.63) is 17.0 Å². The van der Waals surface area contributed by atoms with Crippen LogP contribution in [0.3, 0.4) is 0 Å². The van der Waals surface area contributed by atoms with Crippen molar-refractivity contribution < 1.29 is 9.26 Å². The lowest BCUT2D eigenvalue weighted by Gasteiger charge is -2.36. The molecule has 0 amide bonds. The van der Waals surface area contributed by atoms with E-state index in [0.717, 1.165) is 50.2 Å². The molecule has 2 atom stereocenters. The molecule has 4 rings (SSSR count). The van der Waals surface area contributed by atoms with Crippen LogP contribution < -0.4 is 0 Å². The summed E-state index contributed by atoms with van der Waals surface area (Å²) in [6.07, 6.45) is 3.24. The van der Waals surface area contributed by atoms with Gasteiger partial charge in [-0.1, -0.05) is 5.16 Å². The molecule has 0 spiro atoms. The summed E-state index contributed by atoms with van der Waals surface area (Å²) in [5.41, 5.74) is 2.29. The molecule has 3 aliphatic rings. The van der Waals surface area contributed by atoms with Crippen LogP contribution in [0, 0.1) is 19.8 Å². The Hall–Kier alpha value is -0.910. The largest absolute Gasteiger partial charge is 0.374 e. The predicted octanol–water partition coefficient (Wildman–Crippen LogP) is 1.59. The molecule has 116 valence electrons. The summed E-state index contributed by atoms with van der Waals surface area (Å²) in [7, 11) is 0. The van der Waals surface area contributed by atoms with Crippen molar-refractivity contribution >= 4 is 0 Å². The van der Waals surface area contributed by atoms with Gasteiger partial charge in [0, 0.05) is 38.3 Å². The number of aromatic nitrogens is 1. The number of ether oxygens (including phenoxy) is 1. The summed E-state index contributed by atoms with van der Waals surface area (Å²) >= 11 is 0. The summed E-state index contributed by atoms with van der Waals surface area (Å²) in [6, 6.07) is 0.534. The molecule has 5 nitrogen and oxygen atoms in total. The molecular formula is C16H25N3O2. The highest BCUT2D eigenvalue weighted by Crippen LogP contribution is 2.33. The Morgan fingerprint density at radius 3 is 2.81 bits per heavy atom. The topological polar surface area (TPSA) is 41.7 Å². The van der Waals surface area contributed by atoms with E-state index in [1.165, 1.54) is 24.9 Å². The monoisotopic (exact) mass is 291 g/mol. The molecule has 0 N–H and O–H groups in total. The zero-order valence-corrected chi connectivity index (χ0v) is 13.0. The first-order valence-corrected chi connectivity index (χ1v) is 8.20. The summed E-state index contributed by atoms with van der Waals surface area (Å²) in [6.45, 7) is 10.4. The molecule has 21 heavy (non-hydrogen) atoms. The molecule has 3 fully saturated rings. The molecule has 1 aliphatic carbocycles. The number of aryl methyl sites for hydroxylation is 2. The van der Waals surface area contributed by atoms with Crippen LogP contribution in [-0.2, 0) is 11.3 Å². The number of morpholine rings is 1. The zero-order valence-electron chi connectivity index (χ0n) is 13.0.